The van der Waals surface area contributed by atoms with Gasteiger partial charge in [-0.2, -0.15) is 0 Å². The van der Waals surface area contributed by atoms with E-state index in [1.807, 2.05) is 6.92 Å². The smallest absolute Gasteiger partial charge is 0.266 e. The predicted octanol–water partition coefficient (Wildman–Crippen LogP) is 1.60. The van der Waals surface area contributed by atoms with E-state index in [1.54, 1.807) is 18.2 Å². The average molecular weight is 317 g/mol. The first-order chi connectivity index (χ1) is 10.4. The number of rotatable bonds is 2. The lowest BCUT2D eigenvalue weighted by atomic mass is 9.86. The van der Waals surface area contributed by atoms with Crippen LogP contribution < -0.4 is 0 Å². The van der Waals surface area contributed by atoms with Gasteiger partial charge in [0.15, 0.2) is 5.78 Å². The number of fused-ring (bicyclic) bond motifs is 1. The Morgan fingerprint density at radius 3 is 2.45 bits per heavy atom. The maximum Gasteiger partial charge on any atom is 0.266 e. The van der Waals surface area contributed by atoms with E-state index >= 15 is 0 Å². The molecule has 1 atom stereocenters. The molecule has 0 bridgehead atoms. The number of nitrogens with zero attached hydrogens (tertiary/aromatic N) is 1. The zero-order valence-electron chi connectivity index (χ0n) is 12.0. The van der Waals surface area contributed by atoms with Crippen molar-refractivity contribution in [3.05, 3.63) is 53.6 Å². The number of ketones is 1. The van der Waals surface area contributed by atoms with Crippen molar-refractivity contribution in [1.82, 2.24) is 4.31 Å². The molecule has 1 heterocycles. The molecule has 1 aliphatic heterocycles. The van der Waals surface area contributed by atoms with Crippen LogP contribution in [0.1, 0.15) is 12.0 Å². The van der Waals surface area contributed by atoms with Gasteiger partial charge in [0.25, 0.3) is 15.9 Å². The maximum atomic E-state index is 12.6. The van der Waals surface area contributed by atoms with Gasteiger partial charge in [-0.15, -0.1) is 0 Å². The van der Waals surface area contributed by atoms with E-state index in [-0.39, 0.29) is 29.6 Å². The molecule has 114 valence electrons. The Labute approximate surface area is 129 Å². The molecule has 0 radical (unpaired) electrons. The largest absolute Gasteiger partial charge is 0.295 e. The molecule has 1 amide bonds. The van der Waals surface area contributed by atoms with E-state index in [4.69, 9.17) is 0 Å². The number of aryl methyl sites for hydroxylation is 1. The van der Waals surface area contributed by atoms with E-state index in [1.165, 1.54) is 24.3 Å². The van der Waals surface area contributed by atoms with Gasteiger partial charge in [0, 0.05) is 25.0 Å². The zero-order valence-corrected chi connectivity index (χ0v) is 12.8. The van der Waals surface area contributed by atoms with Crippen molar-refractivity contribution in [1.29, 1.82) is 0 Å². The highest BCUT2D eigenvalue weighted by Gasteiger charge is 2.36. The first-order valence-corrected chi connectivity index (χ1v) is 8.38. The third-order valence-electron chi connectivity index (χ3n) is 3.91. The van der Waals surface area contributed by atoms with Crippen LogP contribution in [0.4, 0.5) is 0 Å². The van der Waals surface area contributed by atoms with Crippen molar-refractivity contribution in [2.75, 3.05) is 6.54 Å². The summed E-state index contributed by atoms with van der Waals surface area (Å²) in [6.07, 6.45) is 4.57. The van der Waals surface area contributed by atoms with E-state index in [9.17, 15) is 18.0 Å². The van der Waals surface area contributed by atoms with Gasteiger partial charge >= 0.3 is 0 Å². The van der Waals surface area contributed by atoms with Crippen molar-refractivity contribution in [2.24, 2.45) is 5.92 Å². The van der Waals surface area contributed by atoms with E-state index in [0.717, 1.165) is 15.4 Å². The van der Waals surface area contributed by atoms with Crippen LogP contribution in [-0.2, 0) is 19.6 Å². The Morgan fingerprint density at radius 1 is 1.09 bits per heavy atom. The number of amides is 1. The van der Waals surface area contributed by atoms with E-state index in [2.05, 4.69) is 0 Å². The zero-order chi connectivity index (χ0) is 15.9. The molecule has 5 nitrogen and oxygen atoms in total. The van der Waals surface area contributed by atoms with Crippen LogP contribution in [0.5, 0.6) is 0 Å². The Kier molecular flexibility index (Phi) is 3.48. The number of carbonyl (C=O) groups is 2. The van der Waals surface area contributed by atoms with Gasteiger partial charge in [0.2, 0.25) is 0 Å². The van der Waals surface area contributed by atoms with Crippen molar-refractivity contribution in [3.63, 3.8) is 0 Å². The lowest BCUT2D eigenvalue weighted by molar-refractivity contribution is -0.123. The average Bonchev–Trinajstić information content (AvgIpc) is 2.47. The Bertz CT molecular complexity index is 803. The molecular weight excluding hydrogens is 302 g/mol. The standard InChI is InChI=1S/C16H15NO4S/c1-11-2-6-15(7-3-11)22(20,21)17-10-13-8-14(18)5-4-12(13)9-16(17)19/h2-7,9,13H,8,10H2,1H3. The molecule has 1 aromatic carbocycles. The van der Waals surface area contributed by atoms with E-state index in [0.29, 0.717) is 0 Å². The number of sulfonamides is 1. The third-order valence-corrected chi connectivity index (χ3v) is 5.69. The topological polar surface area (TPSA) is 71.5 Å². The monoisotopic (exact) mass is 317 g/mol. The first kappa shape index (κ1) is 14.7. The summed E-state index contributed by atoms with van der Waals surface area (Å²) >= 11 is 0. The summed E-state index contributed by atoms with van der Waals surface area (Å²) < 4.78 is 26.1. The minimum atomic E-state index is -3.89. The Hall–Kier alpha value is -2.21. The van der Waals surface area contributed by atoms with Crippen LogP contribution >= 0.6 is 0 Å². The second kappa shape index (κ2) is 5.21. The molecule has 2 aliphatic rings. The molecule has 1 aliphatic carbocycles. The van der Waals surface area contributed by atoms with Gasteiger partial charge in [-0.3, -0.25) is 9.59 Å². The Morgan fingerprint density at radius 2 is 1.77 bits per heavy atom. The quantitative estimate of drug-likeness (QED) is 0.830. The van der Waals surface area contributed by atoms with Crippen LogP contribution in [0.25, 0.3) is 0 Å². The van der Waals surface area contributed by atoms with Gasteiger partial charge in [-0.05, 0) is 30.7 Å². The lowest BCUT2D eigenvalue weighted by Gasteiger charge is -2.32. The predicted molar refractivity (Wildman–Crippen MR) is 80.4 cm³/mol. The molecule has 3 rings (SSSR count). The fourth-order valence-corrected chi connectivity index (χ4v) is 4.05. The number of hydrogen-bond acceptors (Lipinski definition) is 4. The summed E-state index contributed by atoms with van der Waals surface area (Å²) in [4.78, 5) is 23.7. The third kappa shape index (κ3) is 2.50. The summed E-state index contributed by atoms with van der Waals surface area (Å²) in [5.74, 6) is -0.870. The van der Waals surface area contributed by atoms with Gasteiger partial charge in [-0.25, -0.2) is 12.7 Å². The van der Waals surface area contributed by atoms with Crippen molar-refractivity contribution < 1.29 is 18.0 Å². The fourth-order valence-electron chi connectivity index (χ4n) is 2.65. The molecule has 0 aromatic heterocycles. The van der Waals surface area contributed by atoms with Gasteiger partial charge in [-0.1, -0.05) is 23.8 Å². The number of carbonyl (C=O) groups excluding carboxylic acids is 2. The van der Waals surface area contributed by atoms with Crippen LogP contribution in [0.2, 0.25) is 0 Å². The molecule has 0 N–H and O–H groups in total. The highest BCUT2D eigenvalue weighted by Crippen LogP contribution is 2.30. The molecule has 0 spiro atoms. The van der Waals surface area contributed by atoms with Gasteiger partial charge in [0.1, 0.15) is 0 Å². The molecule has 22 heavy (non-hydrogen) atoms. The minimum Gasteiger partial charge on any atom is -0.295 e. The van der Waals surface area contributed by atoms with Crippen molar-refractivity contribution >= 4 is 21.7 Å². The van der Waals surface area contributed by atoms with Crippen LogP contribution in [0, 0.1) is 12.8 Å². The summed E-state index contributed by atoms with van der Waals surface area (Å²) in [5.41, 5.74) is 1.66. The number of hydrogen-bond donors (Lipinski definition) is 0. The lowest BCUT2D eigenvalue weighted by Crippen LogP contribution is -2.43. The second-order valence-corrected chi connectivity index (χ2v) is 7.39. The Balaban J connectivity index is 1.97. The highest BCUT2D eigenvalue weighted by molar-refractivity contribution is 7.89. The first-order valence-electron chi connectivity index (χ1n) is 6.94. The molecule has 1 unspecified atom stereocenters. The van der Waals surface area contributed by atoms with Crippen LogP contribution in [0.3, 0.4) is 0 Å². The van der Waals surface area contributed by atoms with Gasteiger partial charge < -0.3 is 0 Å². The van der Waals surface area contributed by atoms with Crippen LogP contribution in [-0.4, -0.2) is 31.0 Å². The van der Waals surface area contributed by atoms with E-state index < -0.39 is 15.9 Å². The minimum absolute atomic E-state index is 0.0109. The SMILES string of the molecule is Cc1ccc(S(=O)(=O)N2CC3CC(=O)C=CC3=CC2=O)cc1. The highest BCUT2D eigenvalue weighted by atomic mass is 32.2. The van der Waals surface area contributed by atoms with Crippen molar-refractivity contribution in [2.45, 2.75) is 18.2 Å². The fraction of sp³-hybridized carbons (Fsp3) is 0.250. The van der Waals surface area contributed by atoms with Gasteiger partial charge in [0.05, 0.1) is 4.90 Å². The molecule has 0 saturated heterocycles. The molecule has 6 heteroatoms. The summed E-state index contributed by atoms with van der Waals surface area (Å²) in [6, 6.07) is 6.36. The molecule has 0 saturated carbocycles. The number of allylic oxidation sites excluding steroid dienone is 2. The van der Waals surface area contributed by atoms with Crippen molar-refractivity contribution in [3.8, 4) is 0 Å². The molecular formula is C16H15NO4S. The molecule has 1 aromatic rings. The summed E-state index contributed by atoms with van der Waals surface area (Å²) in [5, 5.41) is 0. The number of benzene rings is 1. The normalized spacial score (nSPS) is 21.6. The summed E-state index contributed by atoms with van der Waals surface area (Å²) in [6.45, 7) is 1.87. The summed E-state index contributed by atoms with van der Waals surface area (Å²) in [7, 11) is -3.89. The maximum absolute atomic E-state index is 12.6. The second-order valence-electron chi connectivity index (χ2n) is 5.53. The molecule has 0 fully saturated rings. The van der Waals surface area contributed by atoms with Crippen LogP contribution in [0.15, 0.2) is 53.0 Å².